The summed E-state index contributed by atoms with van der Waals surface area (Å²) in [6.07, 6.45) is 4.75. The molecular formula is C11H16O3S. The third-order valence-electron chi connectivity index (χ3n) is 2.77. The number of aldehydes is 1. The second-order valence-corrected chi connectivity index (χ2v) is 4.50. The van der Waals surface area contributed by atoms with Gasteiger partial charge < -0.3 is 9.53 Å². The van der Waals surface area contributed by atoms with E-state index in [-0.39, 0.29) is 10.8 Å². The Morgan fingerprint density at radius 3 is 2.47 bits per heavy atom. The van der Waals surface area contributed by atoms with E-state index in [0.717, 1.165) is 32.0 Å². The standard InChI is InChI=1S/C11H16O3S/c1-8(15)11(13)14-7-10-4-2-9(6-12)3-5-10/h6,9-10,15H,1-5,7H2. The van der Waals surface area contributed by atoms with E-state index in [0.29, 0.717) is 12.5 Å². The summed E-state index contributed by atoms with van der Waals surface area (Å²) in [6, 6.07) is 0. The first-order chi connectivity index (χ1) is 7.13. The lowest BCUT2D eigenvalue weighted by Gasteiger charge is -2.24. The van der Waals surface area contributed by atoms with Gasteiger partial charge >= 0.3 is 5.97 Å². The van der Waals surface area contributed by atoms with E-state index in [2.05, 4.69) is 19.2 Å². The Balaban J connectivity index is 2.21. The smallest absolute Gasteiger partial charge is 0.343 e. The molecule has 0 radical (unpaired) electrons. The highest BCUT2D eigenvalue weighted by Gasteiger charge is 2.21. The molecule has 0 saturated heterocycles. The molecule has 4 heteroatoms. The first-order valence-electron chi connectivity index (χ1n) is 5.13. The van der Waals surface area contributed by atoms with Crippen molar-refractivity contribution in [3.8, 4) is 0 Å². The van der Waals surface area contributed by atoms with E-state index < -0.39 is 5.97 Å². The molecule has 0 unspecified atom stereocenters. The molecule has 1 saturated carbocycles. The summed E-state index contributed by atoms with van der Waals surface area (Å²) >= 11 is 3.80. The molecule has 0 aliphatic heterocycles. The van der Waals surface area contributed by atoms with E-state index in [1.165, 1.54) is 0 Å². The number of hydrogen-bond donors (Lipinski definition) is 1. The van der Waals surface area contributed by atoms with Crippen LogP contribution in [0.2, 0.25) is 0 Å². The molecule has 0 aromatic rings. The van der Waals surface area contributed by atoms with Crippen LogP contribution in [0.5, 0.6) is 0 Å². The maximum atomic E-state index is 11.1. The van der Waals surface area contributed by atoms with Gasteiger partial charge in [0.25, 0.3) is 0 Å². The summed E-state index contributed by atoms with van der Waals surface area (Å²) in [4.78, 5) is 21.7. The van der Waals surface area contributed by atoms with Crippen molar-refractivity contribution in [2.24, 2.45) is 11.8 Å². The van der Waals surface area contributed by atoms with Crippen molar-refractivity contribution in [3.63, 3.8) is 0 Å². The third-order valence-corrected chi connectivity index (χ3v) is 2.95. The van der Waals surface area contributed by atoms with Gasteiger partial charge in [0.05, 0.1) is 11.5 Å². The summed E-state index contributed by atoms with van der Waals surface area (Å²) < 4.78 is 5.01. The highest BCUT2D eigenvalue weighted by atomic mass is 32.1. The summed E-state index contributed by atoms with van der Waals surface area (Å²) in [6.45, 7) is 3.81. The molecular weight excluding hydrogens is 212 g/mol. The molecule has 3 nitrogen and oxygen atoms in total. The van der Waals surface area contributed by atoms with Crippen LogP contribution in [0.4, 0.5) is 0 Å². The van der Waals surface area contributed by atoms with Gasteiger partial charge in [-0.05, 0) is 31.6 Å². The first kappa shape index (κ1) is 12.3. The molecule has 0 N–H and O–H groups in total. The predicted octanol–water partition coefficient (Wildman–Crippen LogP) is 1.98. The van der Waals surface area contributed by atoms with Gasteiger partial charge in [-0.25, -0.2) is 4.79 Å². The van der Waals surface area contributed by atoms with Crippen LogP contribution in [-0.2, 0) is 14.3 Å². The van der Waals surface area contributed by atoms with Gasteiger partial charge in [-0.1, -0.05) is 6.58 Å². The fourth-order valence-corrected chi connectivity index (χ4v) is 1.83. The van der Waals surface area contributed by atoms with E-state index in [9.17, 15) is 9.59 Å². The number of thiol groups is 1. The molecule has 0 aromatic carbocycles. The number of carbonyl (C=O) groups excluding carboxylic acids is 2. The molecule has 0 spiro atoms. The lowest BCUT2D eigenvalue weighted by atomic mass is 9.83. The second-order valence-electron chi connectivity index (χ2n) is 3.96. The van der Waals surface area contributed by atoms with Gasteiger partial charge in [-0.2, -0.15) is 0 Å². The Hall–Kier alpha value is -0.770. The minimum absolute atomic E-state index is 0.136. The molecule has 1 aliphatic rings. The van der Waals surface area contributed by atoms with Crippen molar-refractivity contribution in [2.75, 3.05) is 6.61 Å². The fraction of sp³-hybridized carbons (Fsp3) is 0.636. The largest absolute Gasteiger partial charge is 0.461 e. The summed E-state index contributed by atoms with van der Waals surface area (Å²) in [7, 11) is 0. The Labute approximate surface area is 95.3 Å². The van der Waals surface area contributed by atoms with Crippen LogP contribution < -0.4 is 0 Å². The predicted molar refractivity (Wildman–Crippen MR) is 60.6 cm³/mol. The monoisotopic (exact) mass is 228 g/mol. The van der Waals surface area contributed by atoms with E-state index in [4.69, 9.17) is 4.74 Å². The molecule has 1 rings (SSSR count). The highest BCUT2D eigenvalue weighted by Crippen LogP contribution is 2.27. The number of hydrogen-bond acceptors (Lipinski definition) is 4. The van der Waals surface area contributed by atoms with Crippen LogP contribution in [0.1, 0.15) is 25.7 Å². The van der Waals surface area contributed by atoms with Gasteiger partial charge in [0.2, 0.25) is 0 Å². The van der Waals surface area contributed by atoms with Crippen molar-refractivity contribution in [3.05, 3.63) is 11.5 Å². The fourth-order valence-electron chi connectivity index (χ4n) is 1.77. The average molecular weight is 228 g/mol. The molecule has 1 fully saturated rings. The summed E-state index contributed by atoms with van der Waals surface area (Å²) in [5, 5.41) is 0. The van der Waals surface area contributed by atoms with Crippen LogP contribution in [0, 0.1) is 11.8 Å². The van der Waals surface area contributed by atoms with Crippen molar-refractivity contribution < 1.29 is 14.3 Å². The Kier molecular flexibility index (Phi) is 4.88. The zero-order chi connectivity index (χ0) is 11.3. The molecule has 0 aromatic heterocycles. The Morgan fingerprint density at radius 1 is 1.40 bits per heavy atom. The number of carbonyl (C=O) groups is 2. The van der Waals surface area contributed by atoms with Crippen LogP contribution in [-0.4, -0.2) is 18.9 Å². The van der Waals surface area contributed by atoms with Crippen molar-refractivity contribution in [2.45, 2.75) is 25.7 Å². The number of esters is 1. The molecule has 1 aliphatic carbocycles. The lowest BCUT2D eigenvalue weighted by Crippen LogP contribution is -2.21. The second kappa shape index (κ2) is 5.95. The van der Waals surface area contributed by atoms with Crippen molar-refractivity contribution >= 4 is 24.9 Å². The van der Waals surface area contributed by atoms with Crippen molar-refractivity contribution in [1.29, 1.82) is 0 Å². The zero-order valence-corrected chi connectivity index (χ0v) is 9.54. The first-order valence-corrected chi connectivity index (χ1v) is 5.58. The minimum Gasteiger partial charge on any atom is -0.461 e. The highest BCUT2D eigenvalue weighted by molar-refractivity contribution is 7.85. The van der Waals surface area contributed by atoms with Crippen LogP contribution in [0.3, 0.4) is 0 Å². The molecule has 0 heterocycles. The van der Waals surface area contributed by atoms with Gasteiger partial charge in [-0.15, -0.1) is 12.6 Å². The number of ether oxygens (including phenoxy) is 1. The molecule has 0 atom stereocenters. The molecule has 0 amide bonds. The van der Waals surface area contributed by atoms with Gasteiger partial charge in [0.15, 0.2) is 0 Å². The Morgan fingerprint density at radius 2 is 2.00 bits per heavy atom. The van der Waals surface area contributed by atoms with Gasteiger partial charge in [0.1, 0.15) is 6.29 Å². The number of rotatable bonds is 4. The molecule has 15 heavy (non-hydrogen) atoms. The minimum atomic E-state index is -0.448. The van der Waals surface area contributed by atoms with Crippen LogP contribution in [0.15, 0.2) is 11.5 Å². The average Bonchev–Trinajstić information content (AvgIpc) is 2.26. The summed E-state index contributed by atoms with van der Waals surface area (Å²) in [5.41, 5.74) is 0. The molecule has 84 valence electrons. The quantitative estimate of drug-likeness (QED) is 0.346. The topological polar surface area (TPSA) is 43.4 Å². The Bertz CT molecular complexity index is 255. The normalized spacial score (nSPS) is 25.7. The van der Waals surface area contributed by atoms with Gasteiger partial charge in [0, 0.05) is 5.92 Å². The van der Waals surface area contributed by atoms with Crippen LogP contribution in [0.25, 0.3) is 0 Å². The maximum absolute atomic E-state index is 11.1. The lowest BCUT2D eigenvalue weighted by molar-refractivity contribution is -0.140. The van der Waals surface area contributed by atoms with Crippen LogP contribution >= 0.6 is 12.6 Å². The third kappa shape index (κ3) is 4.08. The SMILES string of the molecule is C=C(S)C(=O)OCC1CCC(C=O)CC1. The van der Waals surface area contributed by atoms with E-state index in [1.807, 2.05) is 0 Å². The van der Waals surface area contributed by atoms with E-state index >= 15 is 0 Å². The summed E-state index contributed by atoms with van der Waals surface area (Å²) in [5.74, 6) is 0.144. The zero-order valence-electron chi connectivity index (χ0n) is 8.65. The molecule has 0 bridgehead atoms. The van der Waals surface area contributed by atoms with E-state index in [1.54, 1.807) is 0 Å². The van der Waals surface area contributed by atoms with Crippen molar-refractivity contribution in [1.82, 2.24) is 0 Å². The maximum Gasteiger partial charge on any atom is 0.343 e. The van der Waals surface area contributed by atoms with Gasteiger partial charge in [-0.3, -0.25) is 0 Å².